The van der Waals surface area contributed by atoms with Crippen molar-refractivity contribution >= 4 is 74.9 Å². The second-order valence-electron chi connectivity index (χ2n) is 11.6. The van der Waals surface area contributed by atoms with E-state index in [1.807, 2.05) is 29.5 Å². The van der Waals surface area contributed by atoms with Gasteiger partial charge in [-0.15, -0.1) is 11.3 Å². The summed E-state index contributed by atoms with van der Waals surface area (Å²) in [7, 11) is 0. The number of thiophene rings is 1. The summed E-state index contributed by atoms with van der Waals surface area (Å²) in [5.41, 5.74) is 4.10. The van der Waals surface area contributed by atoms with Gasteiger partial charge in [0, 0.05) is 47.5 Å². The maximum absolute atomic E-state index is 5.27. The molecule has 5 heteroatoms. The summed E-state index contributed by atoms with van der Waals surface area (Å²) in [6, 6.07) is 51.2. The van der Waals surface area contributed by atoms with Gasteiger partial charge in [0.15, 0.2) is 11.6 Å². The van der Waals surface area contributed by atoms with E-state index in [-0.39, 0.29) is 0 Å². The molecule has 0 amide bonds. The van der Waals surface area contributed by atoms with Gasteiger partial charge < -0.3 is 0 Å². The minimum atomic E-state index is 0.607. The standard InChI is InChI=1S/C41H24N4S/c1-2-13-26(14-3-1)39-42-40(28-23-22-25-12-4-5-15-27(25)24-28)44-41(43-39)45-33-20-10-8-18-31(33)35-29-16-6-7-17-30(29)38-36(37(35)45)32-19-9-11-21-34(32)46-38/h1-24H. The van der Waals surface area contributed by atoms with Crippen LogP contribution in [0.15, 0.2) is 146 Å². The van der Waals surface area contributed by atoms with E-state index in [2.05, 4.69) is 132 Å². The molecule has 10 aromatic rings. The number of para-hydroxylation sites is 1. The van der Waals surface area contributed by atoms with Gasteiger partial charge in [-0.3, -0.25) is 4.57 Å². The van der Waals surface area contributed by atoms with Crippen LogP contribution in [0.3, 0.4) is 0 Å². The Balaban J connectivity index is 1.39. The first-order valence-corrected chi connectivity index (χ1v) is 16.2. The number of benzene rings is 7. The number of aromatic nitrogens is 4. The Hall–Kier alpha value is -5.91. The Bertz CT molecular complexity index is 2810. The molecule has 0 radical (unpaired) electrons. The van der Waals surface area contributed by atoms with Gasteiger partial charge in [0.05, 0.1) is 11.0 Å². The van der Waals surface area contributed by atoms with Gasteiger partial charge in [0.1, 0.15) is 0 Å². The van der Waals surface area contributed by atoms with E-state index in [1.165, 1.54) is 47.1 Å². The predicted molar refractivity (Wildman–Crippen MR) is 193 cm³/mol. The molecule has 0 saturated carbocycles. The van der Waals surface area contributed by atoms with Gasteiger partial charge in [-0.05, 0) is 34.4 Å². The van der Waals surface area contributed by atoms with Gasteiger partial charge in [0.25, 0.3) is 0 Å². The molecule has 0 N–H and O–H groups in total. The number of hydrogen-bond acceptors (Lipinski definition) is 4. The van der Waals surface area contributed by atoms with Crippen LogP contribution in [0.1, 0.15) is 0 Å². The third kappa shape index (κ3) is 3.69. The van der Waals surface area contributed by atoms with E-state index in [0.717, 1.165) is 27.5 Å². The monoisotopic (exact) mass is 604 g/mol. The minimum absolute atomic E-state index is 0.607. The number of rotatable bonds is 3. The summed E-state index contributed by atoms with van der Waals surface area (Å²) >= 11 is 1.85. The third-order valence-electron chi connectivity index (χ3n) is 9.01. The highest BCUT2D eigenvalue weighted by Gasteiger charge is 2.23. The first-order valence-electron chi connectivity index (χ1n) is 15.4. The lowest BCUT2D eigenvalue weighted by Gasteiger charge is -2.12. The fraction of sp³-hybridized carbons (Fsp3) is 0. The fourth-order valence-corrected chi connectivity index (χ4v) is 8.21. The zero-order chi connectivity index (χ0) is 30.2. The van der Waals surface area contributed by atoms with Gasteiger partial charge in [-0.1, -0.05) is 127 Å². The minimum Gasteiger partial charge on any atom is -0.277 e. The maximum atomic E-state index is 5.27. The van der Waals surface area contributed by atoms with Gasteiger partial charge >= 0.3 is 0 Å². The Morgan fingerprint density at radius 3 is 1.96 bits per heavy atom. The van der Waals surface area contributed by atoms with Gasteiger partial charge in [-0.25, -0.2) is 4.98 Å². The van der Waals surface area contributed by atoms with E-state index >= 15 is 0 Å². The van der Waals surface area contributed by atoms with Crippen LogP contribution in [0.4, 0.5) is 0 Å². The SMILES string of the molecule is c1ccc(-c2nc(-c3ccc4ccccc4c3)nc(-n3c4ccccc4c4c5ccccc5c5sc6ccccc6c5c43)n2)cc1. The number of hydrogen-bond donors (Lipinski definition) is 0. The average molecular weight is 605 g/mol. The van der Waals surface area contributed by atoms with Crippen LogP contribution in [0.2, 0.25) is 0 Å². The molecule has 214 valence electrons. The highest BCUT2D eigenvalue weighted by atomic mass is 32.1. The van der Waals surface area contributed by atoms with E-state index in [1.54, 1.807) is 0 Å². The molecule has 0 aliphatic rings. The second kappa shape index (κ2) is 9.80. The summed E-state index contributed by atoms with van der Waals surface area (Å²) in [5, 5.41) is 9.72. The van der Waals surface area contributed by atoms with Gasteiger partial charge in [-0.2, -0.15) is 9.97 Å². The van der Waals surface area contributed by atoms with Crippen molar-refractivity contribution in [1.29, 1.82) is 0 Å². The molecule has 4 nitrogen and oxygen atoms in total. The van der Waals surface area contributed by atoms with E-state index in [9.17, 15) is 0 Å². The van der Waals surface area contributed by atoms with Crippen molar-refractivity contribution in [1.82, 2.24) is 19.5 Å². The van der Waals surface area contributed by atoms with E-state index < -0.39 is 0 Å². The predicted octanol–water partition coefficient (Wildman–Crippen LogP) is 11.0. The van der Waals surface area contributed by atoms with E-state index in [4.69, 9.17) is 15.0 Å². The van der Waals surface area contributed by atoms with Crippen molar-refractivity contribution in [2.24, 2.45) is 0 Å². The molecule has 0 aliphatic heterocycles. The van der Waals surface area contributed by atoms with Crippen LogP contribution in [-0.2, 0) is 0 Å². The average Bonchev–Trinajstić information content (AvgIpc) is 3.68. The maximum Gasteiger partial charge on any atom is 0.238 e. The van der Waals surface area contributed by atoms with Crippen molar-refractivity contribution in [3.8, 4) is 28.7 Å². The molecule has 46 heavy (non-hydrogen) atoms. The first kappa shape index (κ1) is 25.4. The molecule has 3 heterocycles. The zero-order valence-electron chi connectivity index (χ0n) is 24.6. The van der Waals surface area contributed by atoms with Gasteiger partial charge in [0.2, 0.25) is 5.95 Å². The molecular formula is C41H24N4S. The Morgan fingerprint density at radius 2 is 1.11 bits per heavy atom. The topological polar surface area (TPSA) is 43.6 Å². The molecule has 0 atom stereocenters. The highest BCUT2D eigenvalue weighted by Crippen LogP contribution is 2.47. The number of nitrogens with zero attached hydrogens (tertiary/aromatic N) is 4. The van der Waals surface area contributed by atoms with Crippen LogP contribution in [0.5, 0.6) is 0 Å². The van der Waals surface area contributed by atoms with Crippen molar-refractivity contribution in [2.45, 2.75) is 0 Å². The van der Waals surface area contributed by atoms with Crippen molar-refractivity contribution in [3.63, 3.8) is 0 Å². The quantitative estimate of drug-likeness (QED) is 0.201. The molecule has 0 unspecified atom stereocenters. The molecule has 0 saturated heterocycles. The summed E-state index contributed by atoms with van der Waals surface area (Å²) in [6.07, 6.45) is 0. The Morgan fingerprint density at radius 1 is 0.457 bits per heavy atom. The third-order valence-corrected chi connectivity index (χ3v) is 10.2. The highest BCUT2D eigenvalue weighted by molar-refractivity contribution is 7.27. The first-order chi connectivity index (χ1) is 22.8. The molecule has 0 aliphatic carbocycles. The lowest BCUT2D eigenvalue weighted by molar-refractivity contribution is 0.955. The van der Waals surface area contributed by atoms with Crippen LogP contribution < -0.4 is 0 Å². The summed E-state index contributed by atoms with van der Waals surface area (Å²) < 4.78 is 4.82. The molecule has 7 aromatic carbocycles. The Labute approximate surface area is 267 Å². The largest absolute Gasteiger partial charge is 0.277 e. The molecule has 0 bridgehead atoms. The molecule has 0 fully saturated rings. The summed E-state index contributed by atoms with van der Waals surface area (Å²) in [4.78, 5) is 15.6. The van der Waals surface area contributed by atoms with Crippen molar-refractivity contribution in [3.05, 3.63) is 146 Å². The summed E-state index contributed by atoms with van der Waals surface area (Å²) in [5.74, 6) is 1.90. The Kier molecular flexibility index (Phi) is 5.41. The van der Waals surface area contributed by atoms with Crippen LogP contribution in [0.25, 0.3) is 92.2 Å². The normalized spacial score (nSPS) is 11.9. The molecule has 3 aromatic heterocycles. The number of fused-ring (bicyclic) bond motifs is 11. The van der Waals surface area contributed by atoms with Crippen molar-refractivity contribution in [2.75, 3.05) is 0 Å². The second-order valence-corrected chi connectivity index (χ2v) is 12.7. The fourth-order valence-electron chi connectivity index (χ4n) is 6.96. The van der Waals surface area contributed by atoms with Crippen LogP contribution >= 0.6 is 11.3 Å². The van der Waals surface area contributed by atoms with Crippen LogP contribution in [0, 0.1) is 0 Å². The lowest BCUT2D eigenvalue weighted by Crippen LogP contribution is -2.06. The molecular weight excluding hydrogens is 581 g/mol. The lowest BCUT2D eigenvalue weighted by atomic mass is 10.00. The van der Waals surface area contributed by atoms with E-state index in [0.29, 0.717) is 17.6 Å². The smallest absolute Gasteiger partial charge is 0.238 e. The molecule has 10 rings (SSSR count). The van der Waals surface area contributed by atoms with Crippen molar-refractivity contribution < 1.29 is 0 Å². The van der Waals surface area contributed by atoms with Crippen LogP contribution in [-0.4, -0.2) is 19.5 Å². The molecule has 0 spiro atoms. The summed E-state index contributed by atoms with van der Waals surface area (Å²) in [6.45, 7) is 0. The zero-order valence-corrected chi connectivity index (χ0v) is 25.4.